The number of ether oxygens (including phenoxy) is 1. The molecule has 0 bridgehead atoms. The average molecular weight is 297 g/mol. The normalized spacial score (nSPS) is 25.8. The Morgan fingerprint density at radius 1 is 1.22 bits per heavy atom. The molecule has 1 aliphatic rings. The Kier molecular flexibility index (Phi) is 5.06. The molecule has 1 rings (SSSR count). The van der Waals surface area contributed by atoms with E-state index >= 15 is 0 Å². The summed E-state index contributed by atoms with van der Waals surface area (Å²) in [4.78, 5) is 11.8. The Bertz CT molecular complexity index is 389. The molecule has 0 spiro atoms. The lowest BCUT2D eigenvalue weighted by Crippen LogP contribution is -2.31. The summed E-state index contributed by atoms with van der Waals surface area (Å²) < 4.78 is 27.3. The molecule has 0 aromatic carbocycles. The van der Waals surface area contributed by atoms with Gasteiger partial charge in [0, 0.05) is 10.7 Å². The largest absolute Gasteiger partial charge is 0.460 e. The van der Waals surface area contributed by atoms with Gasteiger partial charge in [0.25, 0.3) is 0 Å². The Hall–Kier alpha value is -0.290. The van der Waals surface area contributed by atoms with E-state index in [1.807, 2.05) is 20.8 Å². The minimum Gasteiger partial charge on any atom is -0.460 e. The summed E-state index contributed by atoms with van der Waals surface area (Å²) in [5.41, 5.74) is -0.465. The summed E-state index contributed by atoms with van der Waals surface area (Å²) in [6.07, 6.45) is 2.81. The predicted octanol–water partition coefficient (Wildman–Crippen LogP) is 2.70. The molecule has 0 radical (unpaired) electrons. The molecule has 18 heavy (non-hydrogen) atoms. The van der Waals surface area contributed by atoms with E-state index in [9.17, 15) is 13.2 Å². The van der Waals surface area contributed by atoms with Gasteiger partial charge in [0.1, 0.15) is 5.60 Å². The minimum absolute atomic E-state index is 0.00952. The van der Waals surface area contributed by atoms with Gasteiger partial charge in [-0.2, -0.15) is 0 Å². The number of esters is 1. The number of rotatable bonds is 3. The van der Waals surface area contributed by atoms with Crippen molar-refractivity contribution in [3.8, 4) is 0 Å². The van der Waals surface area contributed by atoms with E-state index in [0.29, 0.717) is 12.8 Å². The number of carbonyl (C=O) groups is 1. The quantitative estimate of drug-likeness (QED) is 0.593. The first kappa shape index (κ1) is 15.8. The van der Waals surface area contributed by atoms with Crippen LogP contribution >= 0.6 is 10.7 Å². The molecule has 0 aliphatic heterocycles. The van der Waals surface area contributed by atoms with Crippen LogP contribution in [0, 0.1) is 11.8 Å². The van der Waals surface area contributed by atoms with Crippen LogP contribution in [-0.4, -0.2) is 25.7 Å². The van der Waals surface area contributed by atoms with Gasteiger partial charge in [-0.25, -0.2) is 8.42 Å². The van der Waals surface area contributed by atoms with Crippen LogP contribution in [0.15, 0.2) is 0 Å². The van der Waals surface area contributed by atoms with Gasteiger partial charge < -0.3 is 4.74 Å². The van der Waals surface area contributed by atoms with Gasteiger partial charge in [-0.05, 0) is 52.4 Å². The van der Waals surface area contributed by atoms with Gasteiger partial charge in [-0.15, -0.1) is 0 Å². The van der Waals surface area contributed by atoms with Crippen molar-refractivity contribution in [3.05, 3.63) is 0 Å². The van der Waals surface area contributed by atoms with E-state index in [1.165, 1.54) is 0 Å². The van der Waals surface area contributed by atoms with Crippen LogP contribution in [-0.2, 0) is 18.6 Å². The van der Waals surface area contributed by atoms with Crippen molar-refractivity contribution in [1.82, 2.24) is 0 Å². The molecule has 0 saturated heterocycles. The molecule has 0 unspecified atom stereocenters. The molecule has 106 valence electrons. The lowest BCUT2D eigenvalue weighted by molar-refractivity contribution is -0.161. The summed E-state index contributed by atoms with van der Waals surface area (Å²) >= 11 is 0. The molecular formula is C12H21ClO4S. The first-order valence-electron chi connectivity index (χ1n) is 6.22. The fourth-order valence-electron chi connectivity index (χ4n) is 2.23. The van der Waals surface area contributed by atoms with Crippen molar-refractivity contribution in [1.29, 1.82) is 0 Å². The van der Waals surface area contributed by atoms with E-state index < -0.39 is 14.7 Å². The Morgan fingerprint density at radius 2 is 1.72 bits per heavy atom. The lowest BCUT2D eigenvalue weighted by Gasteiger charge is -2.29. The molecule has 1 fully saturated rings. The molecule has 6 heteroatoms. The van der Waals surface area contributed by atoms with Crippen LogP contribution in [0.3, 0.4) is 0 Å². The number of carbonyl (C=O) groups excluding carboxylic acids is 1. The van der Waals surface area contributed by atoms with Crippen LogP contribution in [0.4, 0.5) is 0 Å². The first-order valence-corrected chi connectivity index (χ1v) is 8.70. The summed E-state index contributed by atoms with van der Waals surface area (Å²) in [7, 11) is 1.80. The highest BCUT2D eigenvalue weighted by Crippen LogP contribution is 2.31. The van der Waals surface area contributed by atoms with Crippen molar-refractivity contribution in [3.63, 3.8) is 0 Å². The average Bonchev–Trinajstić information content (AvgIpc) is 2.13. The van der Waals surface area contributed by atoms with Crippen LogP contribution in [0.25, 0.3) is 0 Å². The molecule has 0 aromatic heterocycles. The van der Waals surface area contributed by atoms with Crippen molar-refractivity contribution in [2.45, 2.75) is 52.1 Å². The maximum atomic E-state index is 11.8. The summed E-state index contributed by atoms with van der Waals surface area (Å²) in [6, 6.07) is 0. The Morgan fingerprint density at radius 3 is 2.11 bits per heavy atom. The highest BCUT2D eigenvalue weighted by Gasteiger charge is 2.31. The van der Waals surface area contributed by atoms with Gasteiger partial charge in [0.2, 0.25) is 9.05 Å². The van der Waals surface area contributed by atoms with E-state index in [2.05, 4.69) is 0 Å². The fourth-order valence-corrected chi connectivity index (χ4v) is 3.66. The number of hydrogen-bond acceptors (Lipinski definition) is 4. The summed E-state index contributed by atoms with van der Waals surface area (Å²) in [5.74, 6) is -0.186. The summed E-state index contributed by atoms with van der Waals surface area (Å²) in [6.45, 7) is 5.53. The number of halogens is 1. The topological polar surface area (TPSA) is 60.4 Å². The van der Waals surface area contributed by atoms with Gasteiger partial charge >= 0.3 is 5.97 Å². The zero-order valence-corrected chi connectivity index (χ0v) is 12.7. The van der Waals surface area contributed by atoms with Gasteiger partial charge in [0.15, 0.2) is 0 Å². The second kappa shape index (κ2) is 5.78. The maximum absolute atomic E-state index is 11.8. The zero-order chi connectivity index (χ0) is 14.0. The molecule has 1 saturated carbocycles. The lowest BCUT2D eigenvalue weighted by atomic mass is 9.83. The second-order valence-electron chi connectivity index (χ2n) is 5.96. The SMILES string of the molecule is CC(C)(C)OC(=O)C1CCC(CS(=O)(=O)Cl)CC1. The number of hydrogen-bond donors (Lipinski definition) is 0. The highest BCUT2D eigenvalue weighted by atomic mass is 35.7. The fraction of sp³-hybridized carbons (Fsp3) is 0.917. The van der Waals surface area contributed by atoms with Gasteiger partial charge in [-0.3, -0.25) is 4.79 Å². The molecule has 0 atom stereocenters. The van der Waals surface area contributed by atoms with E-state index in [1.54, 1.807) is 0 Å². The highest BCUT2D eigenvalue weighted by molar-refractivity contribution is 8.13. The molecule has 0 amide bonds. The molecular weight excluding hydrogens is 276 g/mol. The minimum atomic E-state index is -3.43. The third-order valence-corrected chi connectivity index (χ3v) is 4.27. The molecule has 1 aliphatic carbocycles. The van der Waals surface area contributed by atoms with Crippen molar-refractivity contribution in [2.75, 3.05) is 5.75 Å². The zero-order valence-electron chi connectivity index (χ0n) is 11.1. The van der Waals surface area contributed by atoms with E-state index in [0.717, 1.165) is 12.8 Å². The molecule has 4 nitrogen and oxygen atoms in total. The predicted molar refractivity (Wildman–Crippen MR) is 70.9 cm³/mol. The second-order valence-corrected chi connectivity index (χ2v) is 8.78. The third kappa shape index (κ3) is 6.05. The smallest absolute Gasteiger partial charge is 0.309 e. The molecule has 0 heterocycles. The van der Waals surface area contributed by atoms with Crippen molar-refractivity contribution < 1.29 is 17.9 Å². The van der Waals surface area contributed by atoms with E-state index in [4.69, 9.17) is 15.4 Å². The Balaban J connectivity index is 2.42. The van der Waals surface area contributed by atoms with Crippen LogP contribution in [0.1, 0.15) is 46.5 Å². The first-order chi connectivity index (χ1) is 8.07. The van der Waals surface area contributed by atoms with Crippen molar-refractivity contribution >= 4 is 25.7 Å². The molecule has 0 N–H and O–H groups in total. The Labute approximate surface area is 113 Å². The monoisotopic (exact) mass is 296 g/mol. The van der Waals surface area contributed by atoms with Gasteiger partial charge in [0.05, 0.1) is 11.7 Å². The van der Waals surface area contributed by atoms with Crippen LogP contribution in [0.2, 0.25) is 0 Å². The van der Waals surface area contributed by atoms with Crippen LogP contribution in [0.5, 0.6) is 0 Å². The maximum Gasteiger partial charge on any atom is 0.309 e. The van der Waals surface area contributed by atoms with E-state index in [-0.39, 0.29) is 23.6 Å². The third-order valence-electron chi connectivity index (χ3n) is 3.02. The van der Waals surface area contributed by atoms with Crippen LogP contribution < -0.4 is 0 Å². The van der Waals surface area contributed by atoms with Crippen molar-refractivity contribution in [2.24, 2.45) is 11.8 Å². The standard InChI is InChI=1S/C12H21ClO4S/c1-12(2,3)17-11(14)10-6-4-9(5-7-10)8-18(13,15)16/h9-10H,4-8H2,1-3H3. The molecule has 0 aromatic rings. The van der Waals surface area contributed by atoms with Gasteiger partial charge in [-0.1, -0.05) is 0 Å². The summed E-state index contributed by atoms with van der Waals surface area (Å²) in [5, 5.41) is 0.